The zero-order valence-corrected chi connectivity index (χ0v) is 17.2. The summed E-state index contributed by atoms with van der Waals surface area (Å²) in [5, 5.41) is 0. The van der Waals surface area contributed by atoms with Crippen LogP contribution in [0.5, 0.6) is 0 Å². The highest BCUT2D eigenvalue weighted by Gasteiger charge is 2.19. The van der Waals surface area contributed by atoms with E-state index < -0.39 is 5.76 Å². The maximum absolute atomic E-state index is 13.2. The van der Waals surface area contributed by atoms with Crippen molar-refractivity contribution in [2.24, 2.45) is 0 Å². The maximum Gasteiger partial charge on any atom is 0.416 e. The van der Waals surface area contributed by atoms with E-state index in [2.05, 4.69) is 46.0 Å². The molecule has 0 spiro atoms. The molecular formula is C22H25ClFN3O2. The van der Waals surface area contributed by atoms with Gasteiger partial charge < -0.3 is 9.32 Å². The smallest absolute Gasteiger partial charge is 0.412 e. The van der Waals surface area contributed by atoms with Crippen LogP contribution in [0.25, 0.3) is 11.3 Å². The number of nitrogens with zero attached hydrogens (tertiary/aromatic N) is 2. The molecule has 29 heavy (non-hydrogen) atoms. The number of oxazole rings is 1. The Kier molecular flexibility index (Phi) is 6.77. The summed E-state index contributed by atoms with van der Waals surface area (Å²) in [6.07, 6.45) is 0.635. The van der Waals surface area contributed by atoms with Crippen molar-refractivity contribution in [1.82, 2.24) is 9.88 Å². The van der Waals surface area contributed by atoms with E-state index in [1.807, 2.05) is 0 Å². The number of aromatic nitrogens is 1. The number of aromatic amines is 1. The number of para-hydroxylation sites is 1. The van der Waals surface area contributed by atoms with Crippen molar-refractivity contribution in [3.8, 4) is 11.3 Å². The molecule has 154 valence electrons. The van der Waals surface area contributed by atoms with Crippen molar-refractivity contribution in [3.05, 3.63) is 76.2 Å². The largest absolute Gasteiger partial charge is 0.416 e. The van der Waals surface area contributed by atoms with Crippen LogP contribution in [0.2, 0.25) is 0 Å². The number of nitrogens with one attached hydrogen (secondary N) is 1. The molecule has 5 nitrogen and oxygen atoms in total. The first kappa shape index (κ1) is 21.1. The molecule has 2 heterocycles. The van der Waals surface area contributed by atoms with Gasteiger partial charge in [0.15, 0.2) is 0 Å². The molecule has 1 N–H and O–H groups in total. The Balaban J connectivity index is 0.00000240. The lowest BCUT2D eigenvalue weighted by atomic mass is 10.1. The van der Waals surface area contributed by atoms with Gasteiger partial charge in [-0.25, -0.2) is 9.18 Å². The second kappa shape index (κ2) is 9.29. The molecule has 3 aromatic rings. The molecule has 1 aromatic heterocycles. The first-order valence-corrected chi connectivity index (χ1v) is 9.61. The van der Waals surface area contributed by atoms with Crippen LogP contribution in [-0.2, 0) is 6.42 Å². The van der Waals surface area contributed by atoms with E-state index in [0.29, 0.717) is 17.9 Å². The lowest BCUT2D eigenvalue weighted by Crippen LogP contribution is -2.47. The number of aryl methyl sites for hydroxylation is 1. The third kappa shape index (κ3) is 4.89. The number of hydrogen-bond donors (Lipinski definition) is 1. The van der Waals surface area contributed by atoms with Crippen LogP contribution < -0.4 is 10.7 Å². The van der Waals surface area contributed by atoms with E-state index in [0.717, 1.165) is 38.3 Å². The monoisotopic (exact) mass is 417 g/mol. The number of rotatable bonds is 5. The quantitative estimate of drug-likeness (QED) is 0.684. The minimum absolute atomic E-state index is 0. The van der Waals surface area contributed by atoms with Crippen LogP contribution in [0.4, 0.5) is 10.1 Å². The standard InChI is InChI=1S/C22H24FN3O2.ClH/c1-16-4-2-3-5-19(16)26-14-12-25(13-15-26)11-10-20-21(24-22(27)28-20)17-6-8-18(23)9-7-17;/h2-9H,10-15H2,1H3,(H,24,27);1H. The van der Waals surface area contributed by atoms with E-state index in [4.69, 9.17) is 4.42 Å². The summed E-state index contributed by atoms with van der Waals surface area (Å²) in [6.45, 7) is 6.85. The molecule has 7 heteroatoms. The lowest BCUT2D eigenvalue weighted by Gasteiger charge is -2.36. The van der Waals surface area contributed by atoms with Gasteiger partial charge in [-0.3, -0.25) is 9.88 Å². The molecule has 0 saturated carbocycles. The molecule has 4 rings (SSSR count). The Morgan fingerprint density at radius 3 is 2.41 bits per heavy atom. The third-order valence-corrected chi connectivity index (χ3v) is 5.34. The highest BCUT2D eigenvalue weighted by Crippen LogP contribution is 2.23. The zero-order chi connectivity index (χ0) is 19.5. The van der Waals surface area contributed by atoms with Crippen LogP contribution in [0.1, 0.15) is 11.3 Å². The van der Waals surface area contributed by atoms with Gasteiger partial charge in [0.2, 0.25) is 0 Å². The summed E-state index contributed by atoms with van der Waals surface area (Å²) in [5.41, 5.74) is 4.00. The summed E-state index contributed by atoms with van der Waals surface area (Å²) in [6, 6.07) is 14.5. The molecule has 2 aromatic carbocycles. The molecule has 0 radical (unpaired) electrons. The molecule has 0 amide bonds. The lowest BCUT2D eigenvalue weighted by molar-refractivity contribution is 0.254. The van der Waals surface area contributed by atoms with Crippen LogP contribution >= 0.6 is 12.4 Å². The van der Waals surface area contributed by atoms with Gasteiger partial charge in [-0.15, -0.1) is 12.4 Å². The number of benzene rings is 2. The second-order valence-corrected chi connectivity index (χ2v) is 7.18. The van der Waals surface area contributed by atoms with Gasteiger partial charge in [0, 0.05) is 50.4 Å². The molecule has 0 unspecified atom stereocenters. The zero-order valence-electron chi connectivity index (χ0n) is 16.4. The highest BCUT2D eigenvalue weighted by molar-refractivity contribution is 5.85. The first-order valence-electron chi connectivity index (χ1n) is 9.61. The van der Waals surface area contributed by atoms with Crippen molar-refractivity contribution in [2.45, 2.75) is 13.3 Å². The Morgan fingerprint density at radius 1 is 1.03 bits per heavy atom. The Hall–Kier alpha value is -2.57. The van der Waals surface area contributed by atoms with Crippen molar-refractivity contribution < 1.29 is 8.81 Å². The maximum atomic E-state index is 13.2. The first-order chi connectivity index (χ1) is 13.6. The molecule has 1 fully saturated rings. The van der Waals surface area contributed by atoms with E-state index in [-0.39, 0.29) is 18.2 Å². The van der Waals surface area contributed by atoms with Crippen LogP contribution in [0.15, 0.2) is 57.7 Å². The van der Waals surface area contributed by atoms with Gasteiger partial charge in [-0.2, -0.15) is 0 Å². The predicted molar refractivity (Wildman–Crippen MR) is 116 cm³/mol. The fraction of sp³-hybridized carbons (Fsp3) is 0.318. The van der Waals surface area contributed by atoms with Crippen molar-refractivity contribution in [3.63, 3.8) is 0 Å². The predicted octanol–water partition coefficient (Wildman–Crippen LogP) is 3.87. The van der Waals surface area contributed by atoms with Gasteiger partial charge in [0.05, 0.1) is 5.69 Å². The molecule has 1 aliphatic heterocycles. The van der Waals surface area contributed by atoms with E-state index in [1.54, 1.807) is 12.1 Å². The normalized spacial score (nSPS) is 14.6. The minimum Gasteiger partial charge on any atom is -0.412 e. The number of H-pyrrole nitrogens is 1. The topological polar surface area (TPSA) is 52.5 Å². The van der Waals surface area contributed by atoms with E-state index in [1.165, 1.54) is 23.4 Å². The number of hydrogen-bond acceptors (Lipinski definition) is 4. The van der Waals surface area contributed by atoms with Crippen molar-refractivity contribution in [2.75, 3.05) is 37.6 Å². The van der Waals surface area contributed by atoms with Crippen LogP contribution in [0.3, 0.4) is 0 Å². The number of halogens is 2. The minimum atomic E-state index is -0.473. The van der Waals surface area contributed by atoms with Crippen LogP contribution in [-0.4, -0.2) is 42.6 Å². The second-order valence-electron chi connectivity index (χ2n) is 7.18. The Labute approximate surface area is 175 Å². The Morgan fingerprint density at radius 2 is 1.72 bits per heavy atom. The summed E-state index contributed by atoms with van der Waals surface area (Å²) < 4.78 is 18.5. The van der Waals surface area contributed by atoms with Gasteiger partial charge in [0.1, 0.15) is 11.6 Å². The number of anilines is 1. The van der Waals surface area contributed by atoms with Gasteiger partial charge >= 0.3 is 5.76 Å². The third-order valence-electron chi connectivity index (χ3n) is 5.34. The van der Waals surface area contributed by atoms with Crippen LogP contribution in [0, 0.1) is 12.7 Å². The summed E-state index contributed by atoms with van der Waals surface area (Å²) in [5.74, 6) is -0.153. The van der Waals surface area contributed by atoms with E-state index in [9.17, 15) is 9.18 Å². The highest BCUT2D eigenvalue weighted by atomic mass is 35.5. The molecular weight excluding hydrogens is 393 g/mol. The van der Waals surface area contributed by atoms with Gasteiger partial charge in [-0.05, 0) is 42.8 Å². The molecule has 1 saturated heterocycles. The molecule has 0 aliphatic carbocycles. The van der Waals surface area contributed by atoms with Gasteiger partial charge in [0.25, 0.3) is 0 Å². The summed E-state index contributed by atoms with van der Waals surface area (Å²) in [7, 11) is 0. The summed E-state index contributed by atoms with van der Waals surface area (Å²) in [4.78, 5) is 19.3. The molecule has 1 aliphatic rings. The fourth-order valence-corrected chi connectivity index (χ4v) is 3.78. The SMILES string of the molecule is Cc1ccccc1N1CCN(CCc2oc(=O)[nH]c2-c2ccc(F)cc2)CC1.Cl. The average Bonchev–Trinajstić information content (AvgIpc) is 3.08. The fourth-order valence-electron chi connectivity index (χ4n) is 3.78. The Bertz CT molecular complexity index is 992. The van der Waals surface area contributed by atoms with Crippen molar-refractivity contribution in [1.29, 1.82) is 0 Å². The van der Waals surface area contributed by atoms with E-state index >= 15 is 0 Å². The number of piperazine rings is 1. The average molecular weight is 418 g/mol. The van der Waals surface area contributed by atoms with Crippen molar-refractivity contribution >= 4 is 18.1 Å². The van der Waals surface area contributed by atoms with Gasteiger partial charge in [-0.1, -0.05) is 18.2 Å². The molecule has 0 atom stereocenters. The molecule has 0 bridgehead atoms. The summed E-state index contributed by atoms with van der Waals surface area (Å²) >= 11 is 0.